The summed E-state index contributed by atoms with van der Waals surface area (Å²) in [6.45, 7) is 3.71. The first kappa shape index (κ1) is 20.0. The van der Waals surface area contributed by atoms with E-state index in [1.807, 2.05) is 19.1 Å². The van der Waals surface area contributed by atoms with E-state index in [0.717, 1.165) is 23.2 Å². The minimum atomic E-state index is -0.251. The average molecular weight is 496 g/mol. The van der Waals surface area contributed by atoms with Crippen LogP contribution < -0.4 is 10.6 Å². The van der Waals surface area contributed by atoms with Crippen LogP contribution in [-0.2, 0) is 13.0 Å². The molecule has 0 amide bonds. The molecule has 0 bridgehead atoms. The Balaban J connectivity index is 0.00000264. The monoisotopic (exact) mass is 495 g/mol. The molecule has 7 heteroatoms. The molecule has 2 aromatic rings. The lowest BCUT2D eigenvalue weighted by Crippen LogP contribution is -2.38. The molecule has 0 spiro atoms. The maximum absolute atomic E-state index is 13.7. The van der Waals surface area contributed by atoms with Crippen molar-refractivity contribution in [3.63, 3.8) is 0 Å². The third-order valence-electron chi connectivity index (χ3n) is 3.00. The van der Waals surface area contributed by atoms with Gasteiger partial charge in [0.1, 0.15) is 11.6 Å². The molecule has 0 atom stereocenters. The molecule has 0 saturated carbocycles. The number of halogens is 3. The summed E-state index contributed by atoms with van der Waals surface area (Å²) in [6.07, 6.45) is 2.42. The number of aliphatic imine (C=N–C) groups is 1. The van der Waals surface area contributed by atoms with E-state index in [1.54, 1.807) is 18.4 Å². The van der Waals surface area contributed by atoms with Gasteiger partial charge in [-0.1, -0.05) is 15.9 Å². The van der Waals surface area contributed by atoms with Gasteiger partial charge in [0.05, 0.1) is 12.8 Å². The molecular formula is C16H20BrFIN3O. The minimum absolute atomic E-state index is 0. The number of nitrogens with one attached hydrogen (secondary N) is 2. The second-order valence-corrected chi connectivity index (χ2v) is 5.60. The van der Waals surface area contributed by atoms with E-state index in [0.29, 0.717) is 18.1 Å². The Hall–Kier alpha value is -1.09. The summed E-state index contributed by atoms with van der Waals surface area (Å²) in [5.74, 6) is 1.33. The van der Waals surface area contributed by atoms with E-state index in [1.165, 1.54) is 6.07 Å². The number of hydrogen-bond acceptors (Lipinski definition) is 2. The molecule has 2 rings (SSSR count). The lowest BCUT2D eigenvalue weighted by Gasteiger charge is -2.11. The van der Waals surface area contributed by atoms with Gasteiger partial charge in [0.15, 0.2) is 5.96 Å². The van der Waals surface area contributed by atoms with Crippen LogP contribution in [0.5, 0.6) is 0 Å². The molecule has 0 unspecified atom stereocenters. The summed E-state index contributed by atoms with van der Waals surface area (Å²) < 4.78 is 19.8. The summed E-state index contributed by atoms with van der Waals surface area (Å²) in [6, 6.07) is 8.65. The maximum Gasteiger partial charge on any atom is 0.191 e. The summed E-state index contributed by atoms with van der Waals surface area (Å²) >= 11 is 3.34. The van der Waals surface area contributed by atoms with Gasteiger partial charge >= 0.3 is 0 Å². The molecule has 0 aliphatic heterocycles. The normalized spacial score (nSPS) is 11.0. The van der Waals surface area contributed by atoms with Gasteiger partial charge in [-0.25, -0.2) is 9.38 Å². The minimum Gasteiger partial charge on any atom is -0.469 e. The number of nitrogens with zero attached hydrogens (tertiary/aromatic N) is 1. The van der Waals surface area contributed by atoms with Gasteiger partial charge in [-0.15, -0.1) is 24.0 Å². The van der Waals surface area contributed by atoms with Crippen LogP contribution >= 0.6 is 39.9 Å². The van der Waals surface area contributed by atoms with Crippen molar-refractivity contribution in [1.82, 2.24) is 10.6 Å². The molecule has 126 valence electrons. The highest BCUT2D eigenvalue weighted by atomic mass is 127. The van der Waals surface area contributed by atoms with E-state index >= 15 is 0 Å². The summed E-state index contributed by atoms with van der Waals surface area (Å²) in [4.78, 5) is 4.41. The summed E-state index contributed by atoms with van der Waals surface area (Å²) in [7, 11) is 0. The van der Waals surface area contributed by atoms with Gasteiger partial charge in [0.25, 0.3) is 0 Å². The largest absolute Gasteiger partial charge is 0.469 e. The summed E-state index contributed by atoms with van der Waals surface area (Å²) in [5, 5.41) is 6.35. The van der Waals surface area contributed by atoms with Crippen molar-refractivity contribution in [3.05, 3.63) is 58.2 Å². The quantitative estimate of drug-likeness (QED) is 0.360. The van der Waals surface area contributed by atoms with Gasteiger partial charge in [-0.3, -0.25) is 0 Å². The summed E-state index contributed by atoms with van der Waals surface area (Å²) in [5.41, 5.74) is 0.553. The van der Waals surface area contributed by atoms with E-state index in [9.17, 15) is 4.39 Å². The topological polar surface area (TPSA) is 49.6 Å². The number of furan rings is 1. The SMILES string of the molecule is CCNC(=NCc1cc(Br)ccc1F)NCCc1ccco1.I. The number of hydrogen-bond donors (Lipinski definition) is 2. The Bertz CT molecular complexity index is 620. The second kappa shape index (κ2) is 10.6. The van der Waals surface area contributed by atoms with Crippen LogP contribution in [0, 0.1) is 5.82 Å². The zero-order valence-electron chi connectivity index (χ0n) is 12.8. The second-order valence-electron chi connectivity index (χ2n) is 4.69. The Morgan fingerprint density at radius 3 is 2.83 bits per heavy atom. The smallest absolute Gasteiger partial charge is 0.191 e. The van der Waals surface area contributed by atoms with Gasteiger partial charge in [-0.05, 0) is 37.3 Å². The Morgan fingerprint density at radius 2 is 2.13 bits per heavy atom. The highest BCUT2D eigenvalue weighted by Crippen LogP contribution is 2.16. The first-order chi connectivity index (χ1) is 10.7. The third kappa shape index (κ3) is 6.90. The molecule has 2 N–H and O–H groups in total. The molecule has 23 heavy (non-hydrogen) atoms. The molecule has 0 aliphatic carbocycles. The first-order valence-corrected chi connectivity index (χ1v) is 7.97. The predicted octanol–water partition coefficient (Wildman–Crippen LogP) is 4.10. The first-order valence-electron chi connectivity index (χ1n) is 7.17. The van der Waals surface area contributed by atoms with Crippen LogP contribution in [0.25, 0.3) is 0 Å². The van der Waals surface area contributed by atoms with E-state index in [-0.39, 0.29) is 36.3 Å². The molecule has 0 radical (unpaired) electrons. The highest BCUT2D eigenvalue weighted by molar-refractivity contribution is 14.0. The number of rotatable bonds is 6. The van der Waals surface area contributed by atoms with Crippen molar-refractivity contribution < 1.29 is 8.81 Å². The predicted molar refractivity (Wildman–Crippen MR) is 105 cm³/mol. The Labute approximate surface area is 161 Å². The van der Waals surface area contributed by atoms with Crippen LogP contribution in [-0.4, -0.2) is 19.0 Å². The molecule has 0 saturated heterocycles. The van der Waals surface area contributed by atoms with Crippen molar-refractivity contribution in [2.45, 2.75) is 19.9 Å². The van der Waals surface area contributed by atoms with Crippen LogP contribution in [0.1, 0.15) is 18.2 Å². The molecule has 1 aromatic heterocycles. The van der Waals surface area contributed by atoms with E-state index < -0.39 is 0 Å². The van der Waals surface area contributed by atoms with Crippen molar-refractivity contribution in [2.24, 2.45) is 4.99 Å². The molecule has 4 nitrogen and oxygen atoms in total. The van der Waals surface area contributed by atoms with Crippen LogP contribution in [0.15, 0.2) is 50.5 Å². The van der Waals surface area contributed by atoms with Gasteiger partial charge < -0.3 is 15.1 Å². The zero-order chi connectivity index (χ0) is 15.8. The van der Waals surface area contributed by atoms with Crippen molar-refractivity contribution in [2.75, 3.05) is 13.1 Å². The Kier molecular flexibility index (Phi) is 9.23. The van der Waals surface area contributed by atoms with Crippen LogP contribution in [0.4, 0.5) is 4.39 Å². The van der Waals surface area contributed by atoms with Crippen molar-refractivity contribution in [3.8, 4) is 0 Å². The zero-order valence-corrected chi connectivity index (χ0v) is 16.7. The number of guanidine groups is 1. The maximum atomic E-state index is 13.7. The lowest BCUT2D eigenvalue weighted by atomic mass is 10.2. The van der Waals surface area contributed by atoms with Gasteiger partial charge in [-0.2, -0.15) is 0 Å². The van der Waals surface area contributed by atoms with Gasteiger partial charge in [0.2, 0.25) is 0 Å². The van der Waals surface area contributed by atoms with E-state index in [4.69, 9.17) is 4.42 Å². The number of benzene rings is 1. The van der Waals surface area contributed by atoms with Crippen molar-refractivity contribution >= 4 is 45.9 Å². The molecule has 1 aromatic carbocycles. The molecule has 0 aliphatic rings. The third-order valence-corrected chi connectivity index (χ3v) is 3.50. The molecule has 0 fully saturated rings. The standard InChI is InChI=1S/C16H19BrFN3O.HI/c1-2-19-16(20-8-7-14-4-3-9-22-14)21-11-12-10-13(17)5-6-15(12)18;/h3-6,9-10H,2,7-8,11H2,1H3,(H2,19,20,21);1H. The molecular weight excluding hydrogens is 476 g/mol. The van der Waals surface area contributed by atoms with E-state index in [2.05, 4.69) is 31.6 Å². The highest BCUT2D eigenvalue weighted by Gasteiger charge is 2.04. The van der Waals surface area contributed by atoms with Crippen LogP contribution in [0.3, 0.4) is 0 Å². The van der Waals surface area contributed by atoms with Crippen molar-refractivity contribution in [1.29, 1.82) is 0 Å². The van der Waals surface area contributed by atoms with Crippen LogP contribution in [0.2, 0.25) is 0 Å². The fourth-order valence-corrected chi connectivity index (χ4v) is 2.34. The fourth-order valence-electron chi connectivity index (χ4n) is 1.93. The lowest BCUT2D eigenvalue weighted by molar-refractivity contribution is 0.507. The van der Waals surface area contributed by atoms with Gasteiger partial charge in [0, 0.05) is 29.5 Å². The fraction of sp³-hybridized carbons (Fsp3) is 0.312. The Morgan fingerprint density at radius 1 is 1.30 bits per heavy atom. The molecule has 1 heterocycles. The average Bonchev–Trinajstić information content (AvgIpc) is 3.01.